The summed E-state index contributed by atoms with van der Waals surface area (Å²) in [4.78, 5) is 39.9. The number of nitrogens with zero attached hydrogens (tertiary/aromatic N) is 1. The summed E-state index contributed by atoms with van der Waals surface area (Å²) in [5, 5.41) is 4.78. The number of ether oxygens (including phenoxy) is 1. The number of rotatable bonds is 3. The second-order valence-corrected chi connectivity index (χ2v) is 6.72. The molecule has 3 heterocycles. The highest BCUT2D eigenvalue weighted by atomic mass is 16.5. The minimum absolute atomic E-state index is 0.143. The van der Waals surface area contributed by atoms with Gasteiger partial charge in [-0.05, 0) is 13.0 Å². The van der Waals surface area contributed by atoms with Gasteiger partial charge in [0, 0.05) is 12.7 Å². The first-order valence-corrected chi connectivity index (χ1v) is 8.13. The number of likely N-dealkylation sites (tertiary alicyclic amines) is 1. The maximum absolute atomic E-state index is 13.0. The van der Waals surface area contributed by atoms with E-state index in [0.717, 1.165) is 11.3 Å². The lowest BCUT2D eigenvalue weighted by atomic mass is 9.76. The molecule has 4 rings (SSSR count). The van der Waals surface area contributed by atoms with E-state index >= 15 is 0 Å². The van der Waals surface area contributed by atoms with E-state index < -0.39 is 17.4 Å². The van der Waals surface area contributed by atoms with Crippen molar-refractivity contribution in [3.63, 3.8) is 0 Å². The second-order valence-electron chi connectivity index (χ2n) is 6.72. The van der Waals surface area contributed by atoms with Crippen LogP contribution in [-0.4, -0.2) is 48.9 Å². The molecule has 3 aliphatic heterocycles. The van der Waals surface area contributed by atoms with Crippen LogP contribution in [0.4, 0.5) is 5.69 Å². The van der Waals surface area contributed by atoms with Crippen molar-refractivity contribution in [2.24, 2.45) is 11.8 Å². The number of imide groups is 1. The summed E-state index contributed by atoms with van der Waals surface area (Å²) in [5.74, 6) is -1.82. The van der Waals surface area contributed by atoms with E-state index in [2.05, 4.69) is 5.32 Å². The molecule has 126 valence electrons. The molecule has 0 radical (unpaired) electrons. The van der Waals surface area contributed by atoms with Crippen molar-refractivity contribution in [2.75, 3.05) is 25.6 Å². The average molecular weight is 330 g/mol. The summed E-state index contributed by atoms with van der Waals surface area (Å²) >= 11 is 0. The lowest BCUT2D eigenvalue weighted by molar-refractivity contribution is -0.730. The van der Waals surface area contributed by atoms with Gasteiger partial charge in [-0.15, -0.1) is 0 Å². The fourth-order valence-corrected chi connectivity index (χ4v) is 4.56. The van der Waals surface area contributed by atoms with Crippen molar-refractivity contribution in [1.82, 2.24) is 4.90 Å². The van der Waals surface area contributed by atoms with Gasteiger partial charge in [0.1, 0.15) is 11.8 Å². The Morgan fingerprint density at radius 2 is 2.00 bits per heavy atom. The van der Waals surface area contributed by atoms with Crippen LogP contribution in [0.25, 0.3) is 0 Å². The highest BCUT2D eigenvalue weighted by Gasteiger charge is 2.73. The fraction of sp³-hybridized carbons (Fsp3) is 0.471. The van der Waals surface area contributed by atoms with Crippen LogP contribution in [0.3, 0.4) is 0 Å². The van der Waals surface area contributed by atoms with Gasteiger partial charge in [-0.1, -0.05) is 18.2 Å². The summed E-state index contributed by atoms with van der Waals surface area (Å²) in [6, 6.07) is 7.26. The van der Waals surface area contributed by atoms with Crippen molar-refractivity contribution in [2.45, 2.75) is 18.5 Å². The second kappa shape index (κ2) is 5.12. The van der Waals surface area contributed by atoms with Crippen molar-refractivity contribution < 1.29 is 24.4 Å². The third-order valence-corrected chi connectivity index (χ3v) is 5.54. The Kier molecular flexibility index (Phi) is 3.26. The largest absolute Gasteiger partial charge is 0.383 e. The molecule has 0 aliphatic carbocycles. The fourth-order valence-electron chi connectivity index (χ4n) is 4.56. The molecule has 0 unspecified atom stereocenters. The maximum Gasteiger partial charge on any atom is 0.291 e. The molecular weight excluding hydrogens is 310 g/mol. The van der Waals surface area contributed by atoms with Gasteiger partial charge in [0.25, 0.3) is 5.91 Å². The number of hydrogen-bond donors (Lipinski definition) is 2. The van der Waals surface area contributed by atoms with E-state index in [4.69, 9.17) is 4.74 Å². The minimum Gasteiger partial charge on any atom is -0.383 e. The quantitative estimate of drug-likeness (QED) is 0.699. The summed E-state index contributed by atoms with van der Waals surface area (Å²) in [6.07, 6.45) is 0. The van der Waals surface area contributed by atoms with E-state index in [1.807, 2.05) is 36.5 Å². The van der Waals surface area contributed by atoms with Gasteiger partial charge in [0.2, 0.25) is 17.4 Å². The number of hydrogen-bond acceptors (Lipinski definition) is 4. The highest BCUT2D eigenvalue weighted by Crippen LogP contribution is 2.48. The van der Waals surface area contributed by atoms with E-state index in [-0.39, 0.29) is 30.3 Å². The lowest BCUT2D eigenvalue weighted by Crippen LogP contribution is -2.98. The van der Waals surface area contributed by atoms with Gasteiger partial charge in [-0.2, -0.15) is 0 Å². The number of para-hydroxylation sites is 1. The van der Waals surface area contributed by atoms with Gasteiger partial charge < -0.3 is 15.4 Å². The van der Waals surface area contributed by atoms with E-state index in [1.165, 1.54) is 12.0 Å². The molecule has 3 amide bonds. The molecule has 4 atom stereocenters. The normalized spacial score (nSPS) is 34.0. The number of quaternary nitrogens is 1. The monoisotopic (exact) mass is 330 g/mol. The third kappa shape index (κ3) is 1.71. The number of nitrogens with one attached hydrogen (secondary N) is 1. The lowest BCUT2D eigenvalue weighted by Gasteiger charge is -2.25. The molecule has 2 saturated heterocycles. The van der Waals surface area contributed by atoms with Crippen LogP contribution in [-0.2, 0) is 24.7 Å². The van der Waals surface area contributed by atoms with Gasteiger partial charge >= 0.3 is 0 Å². The SMILES string of the molecule is COCCN1C(=O)[C@H]2[C@@H](C1=O)[C@]1([NH2+][C@@H]2C)C(=O)Nc2ccccc21. The summed E-state index contributed by atoms with van der Waals surface area (Å²) in [5.41, 5.74) is 0.473. The number of fused-ring (bicyclic) bond motifs is 4. The zero-order valence-electron chi connectivity index (χ0n) is 13.6. The molecule has 1 aromatic carbocycles. The van der Waals surface area contributed by atoms with E-state index in [9.17, 15) is 14.4 Å². The van der Waals surface area contributed by atoms with Crippen LogP contribution in [0, 0.1) is 11.8 Å². The first-order chi connectivity index (χ1) is 11.5. The van der Waals surface area contributed by atoms with Gasteiger partial charge in [-0.3, -0.25) is 19.3 Å². The number of amides is 3. The van der Waals surface area contributed by atoms with Crippen LogP contribution >= 0.6 is 0 Å². The average Bonchev–Trinajstić information content (AvgIpc) is 3.12. The standard InChI is InChI=1S/C17H19N3O4/c1-9-12-13(15(22)20(14(12)21)7-8-24-2)17(19-9)10-5-3-4-6-11(10)18-16(17)23/h3-6,9,12-13,19H,7-8H2,1-2H3,(H,18,23)/p+1/t9-,12-,13+,17+/m1/s1. The molecule has 0 aromatic heterocycles. The molecule has 3 aliphatic rings. The Labute approximate surface area is 139 Å². The molecule has 0 saturated carbocycles. The van der Waals surface area contributed by atoms with Crippen molar-refractivity contribution in [3.05, 3.63) is 29.8 Å². The van der Waals surface area contributed by atoms with Gasteiger partial charge in [-0.25, -0.2) is 0 Å². The highest BCUT2D eigenvalue weighted by molar-refractivity contribution is 6.13. The van der Waals surface area contributed by atoms with Crippen LogP contribution in [0.15, 0.2) is 24.3 Å². The van der Waals surface area contributed by atoms with Crippen LogP contribution in [0.1, 0.15) is 12.5 Å². The minimum atomic E-state index is -1.05. The molecule has 0 bridgehead atoms. The Bertz CT molecular complexity index is 749. The van der Waals surface area contributed by atoms with E-state index in [0.29, 0.717) is 6.61 Å². The van der Waals surface area contributed by atoms with Crippen LogP contribution in [0.2, 0.25) is 0 Å². The Morgan fingerprint density at radius 1 is 1.25 bits per heavy atom. The first kappa shape index (κ1) is 15.3. The zero-order chi connectivity index (χ0) is 17.1. The Balaban J connectivity index is 1.82. The molecule has 24 heavy (non-hydrogen) atoms. The van der Waals surface area contributed by atoms with Crippen LogP contribution < -0.4 is 10.6 Å². The van der Waals surface area contributed by atoms with Gasteiger partial charge in [0.15, 0.2) is 0 Å². The van der Waals surface area contributed by atoms with Crippen molar-refractivity contribution in [3.8, 4) is 0 Å². The predicted octanol–water partition coefficient (Wildman–Crippen LogP) is -0.953. The number of benzene rings is 1. The zero-order valence-corrected chi connectivity index (χ0v) is 13.6. The third-order valence-electron chi connectivity index (χ3n) is 5.54. The number of anilines is 1. The molecule has 2 fully saturated rings. The van der Waals surface area contributed by atoms with Gasteiger partial charge in [0.05, 0.1) is 24.9 Å². The number of nitrogens with two attached hydrogens (primary N) is 1. The Hall–Kier alpha value is -2.25. The number of carbonyl (C=O) groups is 3. The van der Waals surface area contributed by atoms with Crippen molar-refractivity contribution >= 4 is 23.4 Å². The maximum atomic E-state index is 13.0. The molecule has 3 N–H and O–H groups in total. The van der Waals surface area contributed by atoms with Crippen LogP contribution in [0.5, 0.6) is 0 Å². The molecule has 7 nitrogen and oxygen atoms in total. The topological polar surface area (TPSA) is 92.3 Å². The first-order valence-electron chi connectivity index (χ1n) is 8.13. The van der Waals surface area contributed by atoms with E-state index in [1.54, 1.807) is 0 Å². The smallest absolute Gasteiger partial charge is 0.291 e. The summed E-state index contributed by atoms with van der Waals surface area (Å²) in [6.45, 7) is 2.43. The number of carbonyl (C=O) groups excluding carboxylic acids is 3. The van der Waals surface area contributed by atoms with Crippen molar-refractivity contribution in [1.29, 1.82) is 0 Å². The number of methoxy groups -OCH3 is 1. The molecule has 1 aromatic rings. The predicted molar refractivity (Wildman–Crippen MR) is 83.7 cm³/mol. The molecular formula is C17H20N3O4+. The molecule has 1 spiro atoms. The summed E-state index contributed by atoms with van der Waals surface area (Å²) in [7, 11) is 1.53. The summed E-state index contributed by atoms with van der Waals surface area (Å²) < 4.78 is 5.01. The Morgan fingerprint density at radius 3 is 2.75 bits per heavy atom. The molecule has 7 heteroatoms.